The van der Waals surface area contributed by atoms with Crippen molar-refractivity contribution in [2.24, 2.45) is 5.92 Å². The maximum Gasteiger partial charge on any atom is 0.151 e. The third-order valence-electron chi connectivity index (χ3n) is 5.21. The summed E-state index contributed by atoms with van der Waals surface area (Å²) >= 11 is 0. The van der Waals surface area contributed by atoms with Crippen LogP contribution in [0.3, 0.4) is 0 Å². The number of β-amino-alcohol motifs (C(OH)–C–C–N with tert-alkyl or cyclic N) is 1. The van der Waals surface area contributed by atoms with Crippen molar-refractivity contribution in [2.45, 2.75) is 62.8 Å². The van der Waals surface area contributed by atoms with Crippen molar-refractivity contribution in [3.63, 3.8) is 0 Å². The minimum atomic E-state index is -3.01. The molecule has 1 aliphatic heterocycles. The van der Waals surface area contributed by atoms with E-state index in [9.17, 15) is 13.5 Å². The number of piperidine rings is 1. The second kappa shape index (κ2) is 8.08. The molecular formula is C16H32N2O3S. The van der Waals surface area contributed by atoms with Crippen molar-refractivity contribution in [3.8, 4) is 0 Å². The van der Waals surface area contributed by atoms with Crippen LogP contribution < -0.4 is 5.32 Å². The van der Waals surface area contributed by atoms with Gasteiger partial charge in [-0.2, -0.15) is 0 Å². The summed E-state index contributed by atoms with van der Waals surface area (Å²) in [5.74, 6) is 0.796. The van der Waals surface area contributed by atoms with Gasteiger partial charge in [0.1, 0.15) is 0 Å². The Hall–Kier alpha value is -0.170. The van der Waals surface area contributed by atoms with E-state index in [0.29, 0.717) is 13.1 Å². The van der Waals surface area contributed by atoms with Gasteiger partial charge in [-0.25, -0.2) is 8.42 Å². The first-order valence-corrected chi connectivity index (χ1v) is 10.6. The van der Waals surface area contributed by atoms with E-state index in [0.717, 1.165) is 44.7 Å². The molecule has 130 valence electrons. The van der Waals surface area contributed by atoms with Gasteiger partial charge in [-0.1, -0.05) is 19.8 Å². The summed E-state index contributed by atoms with van der Waals surface area (Å²) in [4.78, 5) is 2.32. The average Bonchev–Trinajstić information content (AvgIpc) is 2.47. The van der Waals surface area contributed by atoms with Crippen LogP contribution in [0.2, 0.25) is 0 Å². The van der Waals surface area contributed by atoms with Crippen molar-refractivity contribution >= 4 is 9.84 Å². The topological polar surface area (TPSA) is 69.6 Å². The van der Waals surface area contributed by atoms with Crippen molar-refractivity contribution in [1.29, 1.82) is 0 Å². The van der Waals surface area contributed by atoms with Gasteiger partial charge in [0, 0.05) is 25.4 Å². The highest BCUT2D eigenvalue weighted by atomic mass is 32.2. The van der Waals surface area contributed by atoms with Gasteiger partial charge < -0.3 is 15.3 Å². The Morgan fingerprint density at radius 2 is 1.82 bits per heavy atom. The minimum Gasteiger partial charge on any atom is -0.390 e. The fourth-order valence-electron chi connectivity index (χ4n) is 3.74. The highest BCUT2D eigenvalue weighted by Crippen LogP contribution is 2.24. The van der Waals surface area contributed by atoms with Crippen LogP contribution in [0.25, 0.3) is 0 Å². The van der Waals surface area contributed by atoms with Crippen LogP contribution >= 0.6 is 0 Å². The van der Waals surface area contributed by atoms with E-state index in [4.69, 9.17) is 0 Å². The molecule has 1 aliphatic carbocycles. The second-order valence-electron chi connectivity index (χ2n) is 7.30. The Balaban J connectivity index is 1.76. The van der Waals surface area contributed by atoms with Crippen LogP contribution in [0.4, 0.5) is 0 Å². The highest BCUT2D eigenvalue weighted by molar-refractivity contribution is 7.91. The minimum absolute atomic E-state index is 0.000205. The Labute approximate surface area is 135 Å². The zero-order valence-corrected chi connectivity index (χ0v) is 14.8. The summed E-state index contributed by atoms with van der Waals surface area (Å²) in [5, 5.41) is 13.3. The molecular weight excluding hydrogens is 300 g/mol. The summed E-state index contributed by atoms with van der Waals surface area (Å²) in [6, 6.07) is -0.000205. The molecule has 2 fully saturated rings. The van der Waals surface area contributed by atoms with Gasteiger partial charge >= 0.3 is 0 Å². The van der Waals surface area contributed by atoms with Gasteiger partial charge in [0.2, 0.25) is 0 Å². The van der Waals surface area contributed by atoms with E-state index in [1.807, 2.05) is 0 Å². The third-order valence-corrected chi connectivity index (χ3v) is 6.88. The molecule has 0 amide bonds. The molecule has 6 heteroatoms. The molecule has 2 N–H and O–H groups in total. The Morgan fingerprint density at radius 1 is 1.18 bits per heavy atom. The molecule has 0 spiro atoms. The molecule has 3 atom stereocenters. The van der Waals surface area contributed by atoms with Crippen molar-refractivity contribution < 1.29 is 13.5 Å². The first kappa shape index (κ1) is 18.2. The van der Waals surface area contributed by atoms with Gasteiger partial charge in [-0.05, 0) is 44.7 Å². The summed E-state index contributed by atoms with van der Waals surface area (Å²) in [6.07, 6.45) is 7.03. The summed E-state index contributed by atoms with van der Waals surface area (Å²) in [5.41, 5.74) is 0. The van der Waals surface area contributed by atoms with E-state index < -0.39 is 15.9 Å². The molecule has 2 rings (SSSR count). The number of aliphatic hydroxyl groups is 1. The maximum absolute atomic E-state index is 11.9. The maximum atomic E-state index is 11.9. The largest absolute Gasteiger partial charge is 0.390 e. The van der Waals surface area contributed by atoms with Crippen LogP contribution in [-0.4, -0.2) is 68.3 Å². The average molecular weight is 333 g/mol. The lowest BCUT2D eigenvalue weighted by Gasteiger charge is -2.34. The number of hydrogen-bond donors (Lipinski definition) is 2. The molecule has 0 aromatic carbocycles. The molecule has 1 saturated carbocycles. The zero-order chi connectivity index (χ0) is 16.2. The Morgan fingerprint density at radius 3 is 2.45 bits per heavy atom. The number of rotatable bonds is 6. The van der Waals surface area contributed by atoms with E-state index in [1.54, 1.807) is 0 Å². The SMILES string of the molecule is CC1CCN(C[C@H](O)CN[C@@H]2CCCC[C@@H]2S(C)(=O)=O)CC1. The van der Waals surface area contributed by atoms with E-state index >= 15 is 0 Å². The fourth-order valence-corrected chi connectivity index (χ4v) is 5.16. The molecule has 1 heterocycles. The predicted octanol–water partition coefficient (Wildman–Crippen LogP) is 1.02. The zero-order valence-electron chi connectivity index (χ0n) is 14.0. The lowest BCUT2D eigenvalue weighted by molar-refractivity contribution is 0.0877. The number of sulfone groups is 1. The number of likely N-dealkylation sites (tertiary alicyclic amines) is 1. The van der Waals surface area contributed by atoms with E-state index in [-0.39, 0.29) is 11.3 Å². The number of nitrogens with one attached hydrogen (secondary N) is 1. The number of hydrogen-bond acceptors (Lipinski definition) is 5. The Bertz CT molecular complexity index is 433. The quantitative estimate of drug-likeness (QED) is 0.760. The summed E-state index contributed by atoms with van der Waals surface area (Å²) in [6.45, 7) is 5.59. The lowest BCUT2D eigenvalue weighted by atomic mass is 9.94. The van der Waals surface area contributed by atoms with Crippen LogP contribution in [0.15, 0.2) is 0 Å². The third kappa shape index (κ3) is 5.48. The van der Waals surface area contributed by atoms with Crippen molar-refractivity contribution in [3.05, 3.63) is 0 Å². The molecule has 1 saturated heterocycles. The summed E-state index contributed by atoms with van der Waals surface area (Å²) in [7, 11) is -3.01. The van der Waals surface area contributed by atoms with E-state index in [2.05, 4.69) is 17.1 Å². The van der Waals surface area contributed by atoms with Gasteiger partial charge in [0.25, 0.3) is 0 Å². The Kier molecular flexibility index (Phi) is 6.68. The van der Waals surface area contributed by atoms with Crippen LogP contribution in [0.1, 0.15) is 45.4 Å². The van der Waals surface area contributed by atoms with Crippen molar-refractivity contribution in [1.82, 2.24) is 10.2 Å². The molecule has 0 aromatic rings. The van der Waals surface area contributed by atoms with Gasteiger partial charge in [0.05, 0.1) is 11.4 Å². The van der Waals surface area contributed by atoms with Gasteiger partial charge in [-0.15, -0.1) is 0 Å². The number of nitrogens with zero attached hydrogens (tertiary/aromatic N) is 1. The summed E-state index contributed by atoms with van der Waals surface area (Å²) < 4.78 is 23.8. The van der Waals surface area contributed by atoms with Gasteiger partial charge in [0.15, 0.2) is 9.84 Å². The molecule has 5 nitrogen and oxygen atoms in total. The molecule has 22 heavy (non-hydrogen) atoms. The first-order chi connectivity index (χ1) is 10.4. The van der Waals surface area contributed by atoms with Crippen molar-refractivity contribution in [2.75, 3.05) is 32.4 Å². The predicted molar refractivity (Wildman–Crippen MR) is 89.7 cm³/mol. The smallest absolute Gasteiger partial charge is 0.151 e. The normalized spacial score (nSPS) is 30.3. The first-order valence-electron chi connectivity index (χ1n) is 8.69. The van der Waals surface area contributed by atoms with Crippen LogP contribution in [0.5, 0.6) is 0 Å². The molecule has 0 unspecified atom stereocenters. The molecule has 2 aliphatic rings. The van der Waals surface area contributed by atoms with Crippen LogP contribution in [-0.2, 0) is 9.84 Å². The molecule has 0 radical (unpaired) electrons. The molecule has 0 aromatic heterocycles. The highest BCUT2D eigenvalue weighted by Gasteiger charge is 2.32. The van der Waals surface area contributed by atoms with E-state index in [1.165, 1.54) is 19.1 Å². The fraction of sp³-hybridized carbons (Fsp3) is 1.00. The standard InChI is InChI=1S/C16H32N2O3S/c1-13-7-9-18(10-8-13)12-14(19)11-17-15-5-3-4-6-16(15)22(2,20)21/h13-17,19H,3-12H2,1-2H3/t14-,15-,16+/m1/s1. The second-order valence-corrected chi connectivity index (χ2v) is 9.57. The van der Waals surface area contributed by atoms with Gasteiger partial charge in [-0.3, -0.25) is 0 Å². The molecule has 0 bridgehead atoms. The number of aliphatic hydroxyl groups excluding tert-OH is 1. The lowest BCUT2D eigenvalue weighted by Crippen LogP contribution is -2.50. The van der Waals surface area contributed by atoms with Crippen LogP contribution in [0, 0.1) is 5.92 Å². The monoisotopic (exact) mass is 332 g/mol.